The molecule has 1 aromatic rings. The molecule has 0 saturated carbocycles. The average Bonchev–Trinajstić information content (AvgIpc) is 2.50. The van der Waals surface area contributed by atoms with Crippen LogP contribution in [0.15, 0.2) is 29.2 Å². The van der Waals surface area contributed by atoms with Gasteiger partial charge in [-0.15, -0.1) is 0 Å². The lowest BCUT2D eigenvalue weighted by Gasteiger charge is -2.20. The first kappa shape index (κ1) is 21.0. The van der Waals surface area contributed by atoms with Gasteiger partial charge in [0.1, 0.15) is 11.9 Å². The van der Waals surface area contributed by atoms with Crippen LogP contribution in [0.25, 0.3) is 0 Å². The molecule has 1 aromatic carbocycles. The lowest BCUT2D eigenvalue weighted by atomic mass is 10.2. The fraction of sp³-hybridized carbons (Fsp3) is 0.467. The number of hydrogen-bond donors (Lipinski definition) is 3. The summed E-state index contributed by atoms with van der Waals surface area (Å²) in [5.74, 6) is -2.30. The average molecular weight is 376 g/mol. The van der Waals surface area contributed by atoms with Crippen LogP contribution in [-0.4, -0.2) is 50.2 Å². The Bertz CT molecular complexity index is 703. The van der Waals surface area contributed by atoms with Gasteiger partial charge in [0.2, 0.25) is 10.0 Å². The zero-order valence-electron chi connectivity index (χ0n) is 14.0. The first-order valence-electron chi connectivity index (χ1n) is 7.45. The van der Waals surface area contributed by atoms with Crippen molar-refractivity contribution in [2.45, 2.75) is 43.9 Å². The number of aliphatic hydroxyl groups excluding tert-OH is 1. The number of ether oxygens (including phenoxy) is 1. The minimum Gasteiger partial charge on any atom is -0.454 e. The topological polar surface area (TPSA) is 122 Å². The van der Waals surface area contributed by atoms with E-state index in [1.807, 2.05) is 4.72 Å². The van der Waals surface area contributed by atoms with Crippen LogP contribution in [0.4, 0.5) is 4.39 Å². The van der Waals surface area contributed by atoms with E-state index in [-0.39, 0.29) is 10.9 Å². The predicted octanol–water partition coefficient (Wildman–Crippen LogP) is -0.0788. The molecule has 0 aliphatic rings. The van der Waals surface area contributed by atoms with Crippen molar-refractivity contribution >= 4 is 21.9 Å². The number of hydrogen-bond acceptors (Lipinski definition) is 6. The molecular weight excluding hydrogens is 355 g/mol. The standard InChI is InChI=1S/C15H21FN2O6S/c1-9(2)17-13(20)8-24-15(21)14(10(3)19)18-25(22,23)12-6-4-11(16)5-7-12/h4-7,9-10,14,18-19H,8H2,1-3H3,(H,17,20)/t10-,14+/m1/s1. The number of rotatable bonds is 8. The first-order chi connectivity index (χ1) is 11.5. The zero-order valence-corrected chi connectivity index (χ0v) is 14.8. The second-order valence-corrected chi connectivity index (χ2v) is 7.34. The second-order valence-electron chi connectivity index (χ2n) is 5.62. The molecule has 1 rings (SSSR count). The SMILES string of the molecule is CC(C)NC(=O)COC(=O)[C@@H](NS(=O)(=O)c1ccc(F)cc1)[C@@H](C)O. The van der Waals surface area contributed by atoms with Gasteiger partial charge in [-0.2, -0.15) is 4.72 Å². The van der Waals surface area contributed by atoms with Crippen LogP contribution in [0.2, 0.25) is 0 Å². The number of benzene rings is 1. The molecule has 0 heterocycles. The van der Waals surface area contributed by atoms with Crippen LogP contribution in [0.5, 0.6) is 0 Å². The number of aliphatic hydroxyl groups is 1. The van der Waals surface area contributed by atoms with E-state index in [2.05, 4.69) is 5.32 Å². The van der Waals surface area contributed by atoms with E-state index < -0.39 is 46.5 Å². The van der Waals surface area contributed by atoms with Crippen LogP contribution in [0.1, 0.15) is 20.8 Å². The second kappa shape index (κ2) is 8.88. The summed E-state index contributed by atoms with van der Waals surface area (Å²) in [6.07, 6.45) is -1.42. The molecule has 0 fully saturated rings. The number of esters is 1. The van der Waals surface area contributed by atoms with Gasteiger partial charge in [-0.05, 0) is 45.0 Å². The third-order valence-corrected chi connectivity index (χ3v) is 4.39. The molecule has 0 saturated heterocycles. The summed E-state index contributed by atoms with van der Waals surface area (Å²) in [6.45, 7) is 4.01. The normalized spacial score (nSPS) is 14.0. The summed E-state index contributed by atoms with van der Waals surface area (Å²) in [5.41, 5.74) is 0. The molecule has 1 amide bonds. The molecule has 0 aromatic heterocycles. The number of sulfonamides is 1. The van der Waals surface area contributed by atoms with Gasteiger partial charge in [-0.3, -0.25) is 9.59 Å². The fourth-order valence-electron chi connectivity index (χ4n) is 1.78. The van der Waals surface area contributed by atoms with Gasteiger partial charge in [0.05, 0.1) is 11.0 Å². The summed E-state index contributed by atoms with van der Waals surface area (Å²) in [4.78, 5) is 23.2. The third-order valence-electron chi connectivity index (χ3n) is 2.94. The predicted molar refractivity (Wildman–Crippen MR) is 86.4 cm³/mol. The Hall–Kier alpha value is -2.04. The van der Waals surface area contributed by atoms with Crippen LogP contribution in [0, 0.1) is 5.82 Å². The van der Waals surface area contributed by atoms with E-state index in [0.717, 1.165) is 24.3 Å². The van der Waals surface area contributed by atoms with Crippen molar-refractivity contribution in [3.63, 3.8) is 0 Å². The number of carbonyl (C=O) groups is 2. The van der Waals surface area contributed by atoms with Gasteiger partial charge in [0, 0.05) is 6.04 Å². The number of nitrogens with one attached hydrogen (secondary N) is 2. The van der Waals surface area contributed by atoms with Gasteiger partial charge < -0.3 is 15.2 Å². The molecule has 25 heavy (non-hydrogen) atoms. The highest BCUT2D eigenvalue weighted by molar-refractivity contribution is 7.89. The van der Waals surface area contributed by atoms with Crippen molar-refractivity contribution in [1.29, 1.82) is 0 Å². The maximum atomic E-state index is 12.9. The molecule has 0 bridgehead atoms. The summed E-state index contributed by atoms with van der Waals surface area (Å²) >= 11 is 0. The van der Waals surface area contributed by atoms with E-state index in [4.69, 9.17) is 4.74 Å². The number of halogens is 1. The molecule has 0 aliphatic heterocycles. The molecule has 8 nitrogen and oxygen atoms in total. The van der Waals surface area contributed by atoms with E-state index in [1.165, 1.54) is 6.92 Å². The molecular formula is C15H21FN2O6S. The molecule has 3 N–H and O–H groups in total. The molecule has 0 spiro atoms. The van der Waals surface area contributed by atoms with E-state index in [9.17, 15) is 27.5 Å². The summed E-state index contributed by atoms with van der Waals surface area (Å²) in [6, 6.07) is 2.13. The maximum Gasteiger partial charge on any atom is 0.327 e. The lowest BCUT2D eigenvalue weighted by molar-refractivity contribution is -0.152. The maximum absolute atomic E-state index is 12.9. The minimum absolute atomic E-state index is 0.157. The van der Waals surface area contributed by atoms with Crippen molar-refractivity contribution in [3.05, 3.63) is 30.1 Å². The fourth-order valence-corrected chi connectivity index (χ4v) is 3.04. The Balaban J connectivity index is 2.80. The lowest BCUT2D eigenvalue weighted by Crippen LogP contribution is -2.49. The van der Waals surface area contributed by atoms with E-state index >= 15 is 0 Å². The van der Waals surface area contributed by atoms with Crippen LogP contribution >= 0.6 is 0 Å². The molecule has 0 aliphatic carbocycles. The number of carbonyl (C=O) groups excluding carboxylic acids is 2. The highest BCUT2D eigenvalue weighted by Crippen LogP contribution is 2.11. The molecule has 0 unspecified atom stereocenters. The minimum atomic E-state index is -4.20. The van der Waals surface area contributed by atoms with Gasteiger partial charge in [-0.25, -0.2) is 12.8 Å². The molecule has 10 heteroatoms. The zero-order chi connectivity index (χ0) is 19.2. The third kappa shape index (κ3) is 6.77. The van der Waals surface area contributed by atoms with Crippen molar-refractivity contribution in [2.75, 3.05) is 6.61 Å². The summed E-state index contributed by atoms with van der Waals surface area (Å²) < 4.78 is 44.0. The Morgan fingerprint density at radius 1 is 1.20 bits per heavy atom. The van der Waals surface area contributed by atoms with Crippen molar-refractivity contribution in [1.82, 2.24) is 10.0 Å². The van der Waals surface area contributed by atoms with Gasteiger partial charge in [0.25, 0.3) is 5.91 Å². The van der Waals surface area contributed by atoms with Crippen LogP contribution < -0.4 is 10.0 Å². The van der Waals surface area contributed by atoms with Crippen LogP contribution in [0.3, 0.4) is 0 Å². The smallest absolute Gasteiger partial charge is 0.327 e. The Morgan fingerprint density at radius 3 is 2.24 bits per heavy atom. The quantitative estimate of drug-likeness (QED) is 0.546. The van der Waals surface area contributed by atoms with E-state index in [0.29, 0.717) is 0 Å². The summed E-state index contributed by atoms with van der Waals surface area (Å²) in [5, 5.41) is 12.2. The van der Waals surface area contributed by atoms with Crippen molar-refractivity contribution in [2.24, 2.45) is 0 Å². The molecule has 140 valence electrons. The van der Waals surface area contributed by atoms with Gasteiger partial charge in [-0.1, -0.05) is 0 Å². The monoisotopic (exact) mass is 376 g/mol. The molecule has 2 atom stereocenters. The van der Waals surface area contributed by atoms with Gasteiger partial charge >= 0.3 is 5.97 Å². The highest BCUT2D eigenvalue weighted by atomic mass is 32.2. The number of amides is 1. The highest BCUT2D eigenvalue weighted by Gasteiger charge is 2.31. The summed E-state index contributed by atoms with van der Waals surface area (Å²) in [7, 11) is -4.20. The first-order valence-corrected chi connectivity index (χ1v) is 8.93. The van der Waals surface area contributed by atoms with Crippen LogP contribution in [-0.2, 0) is 24.3 Å². The van der Waals surface area contributed by atoms with Crippen molar-refractivity contribution in [3.8, 4) is 0 Å². The van der Waals surface area contributed by atoms with Gasteiger partial charge in [0.15, 0.2) is 6.61 Å². The Labute approximate surface area is 145 Å². The van der Waals surface area contributed by atoms with E-state index in [1.54, 1.807) is 13.8 Å². The largest absolute Gasteiger partial charge is 0.454 e. The Kier molecular flexibility index (Phi) is 7.46. The van der Waals surface area contributed by atoms with Crippen molar-refractivity contribution < 1.29 is 32.2 Å². The molecule has 0 radical (unpaired) electrons. The Morgan fingerprint density at radius 2 is 1.76 bits per heavy atom.